The van der Waals surface area contributed by atoms with Gasteiger partial charge in [0.05, 0.1) is 0 Å². The molecule has 2 amide bonds. The van der Waals surface area contributed by atoms with Gasteiger partial charge in [-0.2, -0.15) is 0 Å². The van der Waals surface area contributed by atoms with Gasteiger partial charge in [0.25, 0.3) is 5.91 Å². The normalized spacial score (nSPS) is 14.8. The van der Waals surface area contributed by atoms with Crippen LogP contribution in [0.4, 0.5) is 5.69 Å². The number of benzene rings is 1. The number of carbonyl (C=O) groups is 2. The number of hydrogen-bond acceptors (Lipinski definition) is 2. The highest BCUT2D eigenvalue weighted by Gasteiger charge is 2.23. The molecule has 0 saturated heterocycles. The van der Waals surface area contributed by atoms with Gasteiger partial charge in [-0.15, -0.1) is 0 Å². The average molecular weight is 274 g/mol. The molecule has 0 aliphatic carbocycles. The van der Waals surface area contributed by atoms with Gasteiger partial charge in [0, 0.05) is 30.8 Å². The van der Waals surface area contributed by atoms with E-state index < -0.39 is 0 Å². The molecular formula is C16H22N2O2. The monoisotopic (exact) mass is 274 g/mol. The summed E-state index contributed by atoms with van der Waals surface area (Å²) in [7, 11) is 0. The van der Waals surface area contributed by atoms with Crippen LogP contribution in [0.3, 0.4) is 0 Å². The molecule has 1 aromatic carbocycles. The maximum Gasteiger partial charge on any atom is 0.251 e. The fraction of sp³-hybridized carbons (Fsp3) is 0.500. The van der Waals surface area contributed by atoms with Gasteiger partial charge in [-0.3, -0.25) is 9.59 Å². The van der Waals surface area contributed by atoms with E-state index in [1.807, 2.05) is 19.1 Å². The van der Waals surface area contributed by atoms with E-state index in [1.54, 1.807) is 17.9 Å². The van der Waals surface area contributed by atoms with Gasteiger partial charge in [0.15, 0.2) is 0 Å². The summed E-state index contributed by atoms with van der Waals surface area (Å²) >= 11 is 0. The number of carbonyl (C=O) groups excluding carboxylic acids is 2. The first kappa shape index (κ1) is 14.6. The number of rotatable bonds is 4. The molecule has 4 heteroatoms. The zero-order chi connectivity index (χ0) is 14.7. The van der Waals surface area contributed by atoms with Crippen molar-refractivity contribution < 1.29 is 9.59 Å². The van der Waals surface area contributed by atoms with Crippen molar-refractivity contribution in [1.29, 1.82) is 0 Å². The molecule has 0 aromatic heterocycles. The predicted molar refractivity (Wildman–Crippen MR) is 80.0 cm³/mol. The maximum absolute atomic E-state index is 12.2. The minimum Gasteiger partial charge on any atom is -0.350 e. The molecule has 4 nitrogen and oxygen atoms in total. The molecule has 1 heterocycles. The largest absolute Gasteiger partial charge is 0.350 e. The van der Waals surface area contributed by atoms with Crippen LogP contribution in [0.25, 0.3) is 0 Å². The van der Waals surface area contributed by atoms with Crippen LogP contribution in [0.15, 0.2) is 18.2 Å². The van der Waals surface area contributed by atoms with E-state index in [4.69, 9.17) is 0 Å². The molecule has 108 valence electrons. The van der Waals surface area contributed by atoms with E-state index in [2.05, 4.69) is 12.2 Å². The van der Waals surface area contributed by atoms with E-state index in [0.29, 0.717) is 12.1 Å². The molecule has 0 spiro atoms. The minimum absolute atomic E-state index is 0.0324. The summed E-state index contributed by atoms with van der Waals surface area (Å²) in [5.41, 5.74) is 2.70. The number of fused-ring (bicyclic) bond motifs is 1. The fourth-order valence-electron chi connectivity index (χ4n) is 2.68. The summed E-state index contributed by atoms with van der Waals surface area (Å²) in [5, 5.41) is 3.00. The van der Waals surface area contributed by atoms with E-state index in [-0.39, 0.29) is 17.9 Å². The Kier molecular flexibility index (Phi) is 4.42. The van der Waals surface area contributed by atoms with Crippen molar-refractivity contribution in [2.24, 2.45) is 0 Å². The molecule has 0 radical (unpaired) electrons. The second-order valence-electron chi connectivity index (χ2n) is 5.43. The average Bonchev–Trinajstić information content (AvgIpc) is 2.81. The maximum atomic E-state index is 12.2. The van der Waals surface area contributed by atoms with E-state index in [0.717, 1.165) is 30.5 Å². The molecule has 1 aromatic rings. The first-order valence-corrected chi connectivity index (χ1v) is 7.24. The lowest BCUT2D eigenvalue weighted by Crippen LogP contribution is -2.32. The Labute approximate surface area is 120 Å². The predicted octanol–water partition coefficient (Wildman–Crippen LogP) is 2.51. The Morgan fingerprint density at radius 3 is 2.80 bits per heavy atom. The molecule has 0 fully saturated rings. The van der Waals surface area contributed by atoms with Crippen LogP contribution in [0.5, 0.6) is 0 Å². The van der Waals surface area contributed by atoms with Crippen molar-refractivity contribution in [1.82, 2.24) is 5.32 Å². The number of amides is 2. The lowest BCUT2D eigenvalue weighted by Gasteiger charge is -2.16. The van der Waals surface area contributed by atoms with Gasteiger partial charge in [-0.05, 0) is 43.5 Å². The molecule has 1 N–H and O–H groups in total. The van der Waals surface area contributed by atoms with Crippen molar-refractivity contribution in [3.05, 3.63) is 29.3 Å². The second-order valence-corrected chi connectivity index (χ2v) is 5.43. The summed E-state index contributed by atoms with van der Waals surface area (Å²) in [6, 6.07) is 5.78. The highest BCUT2D eigenvalue weighted by Crippen LogP contribution is 2.28. The molecule has 0 unspecified atom stereocenters. The second kappa shape index (κ2) is 6.07. The Morgan fingerprint density at radius 2 is 2.15 bits per heavy atom. The minimum atomic E-state index is -0.0324. The first-order valence-electron chi connectivity index (χ1n) is 7.24. The van der Waals surface area contributed by atoms with Gasteiger partial charge >= 0.3 is 0 Å². The zero-order valence-corrected chi connectivity index (χ0v) is 12.4. The summed E-state index contributed by atoms with van der Waals surface area (Å²) in [6.07, 6.45) is 2.86. The van der Waals surface area contributed by atoms with Gasteiger partial charge in [0.1, 0.15) is 0 Å². The van der Waals surface area contributed by atoms with Crippen LogP contribution >= 0.6 is 0 Å². The first-order chi connectivity index (χ1) is 9.52. The zero-order valence-electron chi connectivity index (χ0n) is 12.4. The van der Waals surface area contributed by atoms with Crippen LogP contribution in [0.2, 0.25) is 0 Å². The lowest BCUT2D eigenvalue weighted by atomic mass is 10.1. The summed E-state index contributed by atoms with van der Waals surface area (Å²) < 4.78 is 0. The summed E-state index contributed by atoms with van der Waals surface area (Å²) in [5.74, 6) is 0.0209. The Balaban J connectivity index is 2.12. The van der Waals surface area contributed by atoms with Crippen LogP contribution in [0, 0.1) is 0 Å². The van der Waals surface area contributed by atoms with Crippen LogP contribution < -0.4 is 10.2 Å². The van der Waals surface area contributed by atoms with Crippen molar-refractivity contribution in [3.63, 3.8) is 0 Å². The van der Waals surface area contributed by atoms with Gasteiger partial charge < -0.3 is 10.2 Å². The number of hydrogen-bond donors (Lipinski definition) is 1. The van der Waals surface area contributed by atoms with Crippen molar-refractivity contribution in [3.8, 4) is 0 Å². The molecular weight excluding hydrogens is 252 g/mol. The van der Waals surface area contributed by atoms with Crippen LogP contribution in [0.1, 0.15) is 49.5 Å². The molecule has 2 rings (SSSR count). The van der Waals surface area contributed by atoms with Gasteiger partial charge in [0.2, 0.25) is 5.91 Å². The van der Waals surface area contributed by atoms with E-state index in [9.17, 15) is 9.59 Å². The third-order valence-corrected chi connectivity index (χ3v) is 3.72. The summed E-state index contributed by atoms with van der Waals surface area (Å²) in [4.78, 5) is 25.4. The molecule has 20 heavy (non-hydrogen) atoms. The van der Waals surface area contributed by atoms with Crippen LogP contribution in [-0.4, -0.2) is 24.4 Å². The van der Waals surface area contributed by atoms with Crippen molar-refractivity contribution in [2.75, 3.05) is 11.4 Å². The quantitative estimate of drug-likeness (QED) is 0.917. The lowest BCUT2D eigenvalue weighted by molar-refractivity contribution is -0.116. The van der Waals surface area contributed by atoms with Crippen molar-refractivity contribution >= 4 is 17.5 Å². The Hall–Kier alpha value is -1.84. The smallest absolute Gasteiger partial charge is 0.251 e. The van der Waals surface area contributed by atoms with Gasteiger partial charge in [-0.1, -0.05) is 13.3 Å². The number of nitrogens with zero attached hydrogens (tertiary/aromatic N) is 1. The SMILES string of the molecule is CCC[C@@H](C)NC(=O)c1ccc2c(c1)CCN2C(C)=O. The Morgan fingerprint density at radius 1 is 1.40 bits per heavy atom. The molecule has 1 aliphatic rings. The van der Waals surface area contributed by atoms with E-state index in [1.165, 1.54) is 0 Å². The van der Waals surface area contributed by atoms with E-state index >= 15 is 0 Å². The van der Waals surface area contributed by atoms with Crippen molar-refractivity contribution in [2.45, 2.75) is 46.1 Å². The number of anilines is 1. The molecule has 1 aliphatic heterocycles. The van der Waals surface area contributed by atoms with Gasteiger partial charge in [-0.25, -0.2) is 0 Å². The standard InChI is InChI=1S/C16H22N2O2/c1-4-5-11(2)17-16(20)14-6-7-15-13(10-14)8-9-18(15)12(3)19/h6-7,10-11H,4-5,8-9H2,1-3H3,(H,17,20)/t11-/m1/s1. The number of nitrogens with one attached hydrogen (secondary N) is 1. The third-order valence-electron chi connectivity index (χ3n) is 3.72. The Bertz CT molecular complexity index is 525. The topological polar surface area (TPSA) is 49.4 Å². The third kappa shape index (κ3) is 3.00. The highest BCUT2D eigenvalue weighted by atomic mass is 16.2. The summed E-state index contributed by atoms with van der Waals surface area (Å²) in [6.45, 7) is 6.41. The fourth-order valence-corrected chi connectivity index (χ4v) is 2.68. The molecule has 1 atom stereocenters. The van der Waals surface area contributed by atoms with Crippen LogP contribution in [-0.2, 0) is 11.2 Å². The molecule has 0 saturated carbocycles. The molecule has 0 bridgehead atoms. The highest BCUT2D eigenvalue weighted by molar-refractivity contribution is 5.97.